The Hall–Kier alpha value is -1.13. The molecule has 4 heteroatoms. The molecule has 2 aliphatic heterocycles. The fourth-order valence-electron chi connectivity index (χ4n) is 3.89. The topological polar surface area (TPSA) is 35.5 Å². The van der Waals surface area contributed by atoms with Crippen molar-refractivity contribution in [1.82, 2.24) is 10.2 Å². The Kier molecular flexibility index (Phi) is 4.45. The lowest BCUT2D eigenvalue weighted by Gasteiger charge is -2.38. The number of halogens is 1. The standard InChI is InChI=1S/C17H25FN2O/c1-12(15-5-4-14(18)11-17(15)21)20-9-6-13(7-10-20)16-3-2-8-19-16/h4-5,11-13,16,19,21H,2-3,6-10H2,1H3. The molecular weight excluding hydrogens is 267 g/mol. The quantitative estimate of drug-likeness (QED) is 0.899. The number of hydrogen-bond acceptors (Lipinski definition) is 3. The number of rotatable bonds is 3. The molecule has 2 heterocycles. The van der Waals surface area contributed by atoms with Gasteiger partial charge in [0.05, 0.1) is 0 Å². The van der Waals surface area contributed by atoms with Crippen LogP contribution in [0.15, 0.2) is 18.2 Å². The average molecular weight is 292 g/mol. The van der Waals surface area contributed by atoms with E-state index in [0.717, 1.165) is 24.6 Å². The summed E-state index contributed by atoms with van der Waals surface area (Å²) in [5.41, 5.74) is 0.828. The minimum atomic E-state index is -0.380. The first-order valence-corrected chi connectivity index (χ1v) is 8.11. The summed E-state index contributed by atoms with van der Waals surface area (Å²) in [5, 5.41) is 13.6. The highest BCUT2D eigenvalue weighted by Gasteiger charge is 2.30. The zero-order valence-corrected chi connectivity index (χ0v) is 12.7. The lowest BCUT2D eigenvalue weighted by atomic mass is 9.87. The van der Waals surface area contributed by atoms with Crippen LogP contribution in [-0.4, -0.2) is 35.7 Å². The van der Waals surface area contributed by atoms with Crippen molar-refractivity contribution in [1.29, 1.82) is 0 Å². The molecule has 2 N–H and O–H groups in total. The summed E-state index contributed by atoms with van der Waals surface area (Å²) in [4.78, 5) is 2.40. The van der Waals surface area contributed by atoms with Gasteiger partial charge in [-0.15, -0.1) is 0 Å². The molecule has 2 atom stereocenters. The molecule has 116 valence electrons. The molecule has 0 amide bonds. The number of nitrogens with one attached hydrogen (secondary N) is 1. The highest BCUT2D eigenvalue weighted by Crippen LogP contribution is 2.33. The van der Waals surface area contributed by atoms with E-state index in [-0.39, 0.29) is 17.6 Å². The van der Waals surface area contributed by atoms with Crippen molar-refractivity contribution >= 4 is 0 Å². The summed E-state index contributed by atoms with van der Waals surface area (Å²) in [7, 11) is 0. The first kappa shape index (κ1) is 14.8. The van der Waals surface area contributed by atoms with Crippen molar-refractivity contribution in [2.24, 2.45) is 5.92 Å². The van der Waals surface area contributed by atoms with Gasteiger partial charge in [0, 0.05) is 23.7 Å². The van der Waals surface area contributed by atoms with Crippen molar-refractivity contribution in [2.45, 2.75) is 44.7 Å². The van der Waals surface area contributed by atoms with Crippen LogP contribution in [0.25, 0.3) is 0 Å². The van der Waals surface area contributed by atoms with Gasteiger partial charge in [0.2, 0.25) is 0 Å². The van der Waals surface area contributed by atoms with E-state index < -0.39 is 0 Å². The first-order chi connectivity index (χ1) is 10.1. The van der Waals surface area contributed by atoms with Crippen LogP contribution in [0.4, 0.5) is 4.39 Å². The van der Waals surface area contributed by atoms with Crippen LogP contribution in [0.5, 0.6) is 5.75 Å². The van der Waals surface area contributed by atoms with E-state index in [1.807, 2.05) is 0 Å². The maximum atomic E-state index is 13.1. The lowest BCUT2D eigenvalue weighted by molar-refractivity contribution is 0.125. The van der Waals surface area contributed by atoms with Crippen molar-refractivity contribution in [2.75, 3.05) is 19.6 Å². The van der Waals surface area contributed by atoms with Crippen LogP contribution < -0.4 is 5.32 Å². The predicted molar refractivity (Wildman–Crippen MR) is 81.8 cm³/mol. The monoisotopic (exact) mass is 292 g/mol. The number of hydrogen-bond donors (Lipinski definition) is 2. The van der Waals surface area contributed by atoms with Crippen LogP contribution in [0.1, 0.15) is 44.2 Å². The van der Waals surface area contributed by atoms with Gasteiger partial charge in [-0.1, -0.05) is 6.07 Å². The van der Waals surface area contributed by atoms with Crippen LogP contribution >= 0.6 is 0 Å². The van der Waals surface area contributed by atoms with E-state index in [0.29, 0.717) is 6.04 Å². The Morgan fingerprint density at radius 1 is 1.29 bits per heavy atom. The second-order valence-corrected chi connectivity index (χ2v) is 6.46. The third-order valence-corrected chi connectivity index (χ3v) is 5.23. The van der Waals surface area contributed by atoms with Crippen molar-refractivity contribution < 1.29 is 9.50 Å². The normalized spacial score (nSPS) is 26.1. The average Bonchev–Trinajstić information content (AvgIpc) is 3.01. The first-order valence-electron chi connectivity index (χ1n) is 8.11. The maximum absolute atomic E-state index is 13.1. The van der Waals surface area contributed by atoms with Gasteiger partial charge in [0.25, 0.3) is 0 Å². The van der Waals surface area contributed by atoms with Gasteiger partial charge in [-0.2, -0.15) is 0 Å². The van der Waals surface area contributed by atoms with Gasteiger partial charge < -0.3 is 10.4 Å². The molecule has 2 aliphatic rings. The number of likely N-dealkylation sites (tertiary alicyclic amines) is 1. The number of benzene rings is 1. The van der Waals surface area contributed by atoms with Gasteiger partial charge in [-0.3, -0.25) is 4.90 Å². The second kappa shape index (κ2) is 6.32. The van der Waals surface area contributed by atoms with Gasteiger partial charge in [0.15, 0.2) is 0 Å². The van der Waals surface area contributed by atoms with Crippen molar-refractivity contribution in [3.05, 3.63) is 29.6 Å². The Morgan fingerprint density at radius 2 is 2.05 bits per heavy atom. The van der Waals surface area contributed by atoms with E-state index in [1.165, 1.54) is 44.4 Å². The van der Waals surface area contributed by atoms with E-state index in [1.54, 1.807) is 6.07 Å². The second-order valence-electron chi connectivity index (χ2n) is 6.46. The molecular formula is C17H25FN2O. The molecule has 0 aliphatic carbocycles. The molecule has 2 unspecified atom stereocenters. The van der Waals surface area contributed by atoms with Crippen molar-refractivity contribution in [3.8, 4) is 5.75 Å². The highest BCUT2D eigenvalue weighted by molar-refractivity contribution is 5.35. The molecule has 0 spiro atoms. The van der Waals surface area contributed by atoms with Gasteiger partial charge >= 0.3 is 0 Å². The van der Waals surface area contributed by atoms with Gasteiger partial charge in [-0.05, 0) is 64.2 Å². The number of phenols is 1. The lowest BCUT2D eigenvalue weighted by Crippen LogP contribution is -2.41. The largest absolute Gasteiger partial charge is 0.508 e. The molecule has 2 fully saturated rings. The Morgan fingerprint density at radius 3 is 2.67 bits per heavy atom. The molecule has 1 aromatic carbocycles. The Labute approximate surface area is 126 Å². The molecule has 3 rings (SSSR count). The summed E-state index contributed by atoms with van der Waals surface area (Å²) >= 11 is 0. The van der Waals surface area contributed by atoms with E-state index in [9.17, 15) is 9.50 Å². The third-order valence-electron chi connectivity index (χ3n) is 5.23. The van der Waals surface area contributed by atoms with E-state index in [2.05, 4.69) is 17.1 Å². The predicted octanol–water partition coefficient (Wildman–Crippen LogP) is 3.06. The minimum absolute atomic E-state index is 0.0714. The minimum Gasteiger partial charge on any atom is -0.508 e. The zero-order valence-electron chi connectivity index (χ0n) is 12.7. The Bertz CT molecular complexity index is 480. The van der Waals surface area contributed by atoms with Crippen molar-refractivity contribution in [3.63, 3.8) is 0 Å². The van der Waals surface area contributed by atoms with Gasteiger partial charge in [0.1, 0.15) is 11.6 Å². The molecule has 1 aromatic rings. The summed E-state index contributed by atoms with van der Waals surface area (Å²) in [5.74, 6) is 0.481. The van der Waals surface area contributed by atoms with Crippen LogP contribution in [0.2, 0.25) is 0 Å². The summed E-state index contributed by atoms with van der Waals surface area (Å²) in [6, 6.07) is 5.20. The summed E-state index contributed by atoms with van der Waals surface area (Å²) < 4.78 is 13.1. The van der Waals surface area contributed by atoms with Gasteiger partial charge in [-0.25, -0.2) is 4.39 Å². The van der Waals surface area contributed by atoms with Crippen LogP contribution in [0, 0.1) is 11.7 Å². The molecule has 0 bridgehead atoms. The van der Waals surface area contributed by atoms with E-state index in [4.69, 9.17) is 0 Å². The highest BCUT2D eigenvalue weighted by atomic mass is 19.1. The molecule has 0 saturated carbocycles. The van der Waals surface area contributed by atoms with Crippen LogP contribution in [0.3, 0.4) is 0 Å². The molecule has 3 nitrogen and oxygen atoms in total. The van der Waals surface area contributed by atoms with Crippen LogP contribution in [-0.2, 0) is 0 Å². The third kappa shape index (κ3) is 3.22. The smallest absolute Gasteiger partial charge is 0.126 e. The fraction of sp³-hybridized carbons (Fsp3) is 0.647. The number of nitrogens with zero attached hydrogens (tertiary/aromatic N) is 1. The molecule has 0 aromatic heterocycles. The van der Waals surface area contributed by atoms with E-state index >= 15 is 0 Å². The molecule has 21 heavy (non-hydrogen) atoms. The zero-order chi connectivity index (χ0) is 14.8. The summed E-state index contributed by atoms with van der Waals surface area (Å²) in [6.45, 7) is 5.38. The summed E-state index contributed by atoms with van der Waals surface area (Å²) in [6.07, 6.45) is 5.05. The number of aromatic hydroxyl groups is 1. The SMILES string of the molecule is CC(c1ccc(F)cc1O)N1CCC(C2CCCN2)CC1. The number of piperidine rings is 1. The number of phenolic OH excluding ortho intramolecular Hbond substituents is 1. The fourth-order valence-corrected chi connectivity index (χ4v) is 3.89. The molecule has 0 radical (unpaired) electrons. The Balaban J connectivity index is 1.60. The molecule has 2 saturated heterocycles. The maximum Gasteiger partial charge on any atom is 0.126 e.